The summed E-state index contributed by atoms with van der Waals surface area (Å²) in [6.07, 6.45) is 4.77. The molecule has 0 aromatic carbocycles. The first-order chi connectivity index (χ1) is 5.51. The lowest BCUT2D eigenvalue weighted by atomic mass is 9.70. The predicted octanol–water partition coefficient (Wildman–Crippen LogP) is 2.97. The summed E-state index contributed by atoms with van der Waals surface area (Å²) in [4.78, 5) is 11.4. The average molecular weight is 187 g/mol. The van der Waals surface area contributed by atoms with Gasteiger partial charge >= 0.3 is 0 Å². The molecule has 2 bridgehead atoms. The van der Waals surface area contributed by atoms with Gasteiger partial charge in [-0.2, -0.15) is 0 Å². The van der Waals surface area contributed by atoms with Crippen LogP contribution in [0.2, 0.25) is 0 Å². The molecule has 12 heavy (non-hydrogen) atoms. The summed E-state index contributed by atoms with van der Waals surface area (Å²) in [5, 5.41) is -0.106. The molecule has 2 fully saturated rings. The second-order valence-electron chi connectivity index (χ2n) is 4.81. The van der Waals surface area contributed by atoms with E-state index >= 15 is 0 Å². The Morgan fingerprint density at radius 1 is 1.33 bits per heavy atom. The molecule has 0 radical (unpaired) electrons. The summed E-state index contributed by atoms with van der Waals surface area (Å²) in [7, 11) is 0. The van der Waals surface area contributed by atoms with Crippen LogP contribution in [0.1, 0.15) is 39.5 Å². The van der Waals surface area contributed by atoms with Gasteiger partial charge in [-0.05, 0) is 48.6 Å². The van der Waals surface area contributed by atoms with Crippen LogP contribution in [0.3, 0.4) is 0 Å². The molecular formula is C10H15ClO. The van der Waals surface area contributed by atoms with Crippen LogP contribution < -0.4 is 0 Å². The Labute approximate surface area is 78.5 Å². The van der Waals surface area contributed by atoms with Crippen molar-refractivity contribution in [2.24, 2.45) is 16.7 Å². The van der Waals surface area contributed by atoms with E-state index in [-0.39, 0.29) is 16.1 Å². The zero-order valence-electron chi connectivity index (χ0n) is 7.69. The summed E-state index contributed by atoms with van der Waals surface area (Å²) < 4.78 is 0. The number of hydrogen-bond donors (Lipinski definition) is 0. The van der Waals surface area contributed by atoms with Crippen molar-refractivity contribution >= 4 is 16.8 Å². The van der Waals surface area contributed by atoms with Gasteiger partial charge in [-0.15, -0.1) is 0 Å². The quantitative estimate of drug-likeness (QED) is 0.576. The molecule has 0 N–H and O–H groups in total. The first-order valence-electron chi connectivity index (χ1n) is 4.71. The SMILES string of the molecule is CC12CCC(CC1)C2(C)C(=O)Cl. The van der Waals surface area contributed by atoms with Gasteiger partial charge in [0.1, 0.15) is 0 Å². The van der Waals surface area contributed by atoms with Crippen LogP contribution in [0.4, 0.5) is 0 Å². The predicted molar refractivity (Wildman–Crippen MR) is 49.0 cm³/mol. The van der Waals surface area contributed by atoms with Gasteiger partial charge < -0.3 is 0 Å². The number of carbonyl (C=O) groups is 1. The van der Waals surface area contributed by atoms with Gasteiger partial charge in [0, 0.05) is 5.41 Å². The molecule has 68 valence electrons. The van der Waals surface area contributed by atoms with E-state index in [1.807, 2.05) is 0 Å². The Hall–Kier alpha value is -0.0400. The van der Waals surface area contributed by atoms with E-state index in [1.54, 1.807) is 0 Å². The van der Waals surface area contributed by atoms with Gasteiger partial charge in [0.15, 0.2) is 0 Å². The molecule has 2 saturated carbocycles. The van der Waals surface area contributed by atoms with E-state index in [2.05, 4.69) is 13.8 Å². The van der Waals surface area contributed by atoms with Gasteiger partial charge in [-0.25, -0.2) is 0 Å². The third-order valence-corrected chi connectivity index (χ3v) is 4.96. The molecule has 0 spiro atoms. The largest absolute Gasteiger partial charge is 0.281 e. The first kappa shape index (κ1) is 8.55. The average Bonchev–Trinajstić information content (AvgIpc) is 2.40. The van der Waals surface area contributed by atoms with Crippen LogP contribution in [0.25, 0.3) is 0 Å². The molecule has 0 saturated heterocycles. The Morgan fingerprint density at radius 3 is 2.00 bits per heavy atom. The van der Waals surface area contributed by atoms with E-state index in [0.717, 1.165) is 0 Å². The Bertz CT molecular complexity index is 228. The molecule has 0 aromatic heterocycles. The molecule has 2 aliphatic rings. The fourth-order valence-corrected chi connectivity index (χ4v) is 3.62. The van der Waals surface area contributed by atoms with Gasteiger partial charge in [0.05, 0.1) is 0 Å². The molecule has 0 aromatic rings. The molecule has 2 rings (SSSR count). The third-order valence-electron chi connectivity index (χ3n) is 4.57. The zero-order chi connectivity index (χ0) is 8.98. The van der Waals surface area contributed by atoms with Crippen molar-refractivity contribution in [3.8, 4) is 0 Å². The summed E-state index contributed by atoms with van der Waals surface area (Å²) >= 11 is 5.71. The van der Waals surface area contributed by atoms with Crippen LogP contribution in [0.5, 0.6) is 0 Å². The van der Waals surface area contributed by atoms with Crippen molar-refractivity contribution in [1.29, 1.82) is 0 Å². The minimum atomic E-state index is -0.214. The van der Waals surface area contributed by atoms with Gasteiger partial charge in [-0.1, -0.05) is 13.8 Å². The molecule has 2 aliphatic carbocycles. The van der Waals surface area contributed by atoms with E-state index in [9.17, 15) is 4.79 Å². The molecule has 0 heterocycles. The Morgan fingerprint density at radius 2 is 1.83 bits per heavy atom. The Kier molecular flexibility index (Phi) is 1.61. The monoisotopic (exact) mass is 186 g/mol. The van der Waals surface area contributed by atoms with Crippen LogP contribution in [-0.4, -0.2) is 5.24 Å². The van der Waals surface area contributed by atoms with E-state index in [4.69, 9.17) is 11.6 Å². The molecular weight excluding hydrogens is 172 g/mol. The molecule has 0 aliphatic heterocycles. The van der Waals surface area contributed by atoms with Crippen molar-refractivity contribution in [3.05, 3.63) is 0 Å². The summed E-state index contributed by atoms with van der Waals surface area (Å²) in [5.74, 6) is 0.562. The fourth-order valence-electron chi connectivity index (χ4n) is 3.24. The topological polar surface area (TPSA) is 17.1 Å². The van der Waals surface area contributed by atoms with Crippen LogP contribution in [0.15, 0.2) is 0 Å². The van der Waals surface area contributed by atoms with E-state index in [0.29, 0.717) is 5.92 Å². The smallest absolute Gasteiger partial charge is 0.228 e. The number of rotatable bonds is 1. The second-order valence-corrected chi connectivity index (χ2v) is 5.15. The molecule has 1 atom stereocenters. The molecule has 0 amide bonds. The highest BCUT2D eigenvalue weighted by atomic mass is 35.5. The van der Waals surface area contributed by atoms with Gasteiger partial charge in [0.25, 0.3) is 0 Å². The second kappa shape index (κ2) is 2.25. The normalized spacial score (nSPS) is 51.4. The highest BCUT2D eigenvalue weighted by Crippen LogP contribution is 2.66. The van der Waals surface area contributed by atoms with Crippen LogP contribution in [-0.2, 0) is 4.79 Å². The number of carbonyl (C=O) groups excluding carboxylic acids is 1. The highest BCUT2D eigenvalue weighted by Gasteiger charge is 2.62. The minimum absolute atomic E-state index is 0.106. The van der Waals surface area contributed by atoms with Crippen molar-refractivity contribution in [1.82, 2.24) is 0 Å². The Balaban J connectivity index is 2.43. The fraction of sp³-hybridized carbons (Fsp3) is 0.900. The lowest BCUT2D eigenvalue weighted by molar-refractivity contribution is -0.124. The number of hydrogen-bond acceptors (Lipinski definition) is 1. The molecule has 2 heteroatoms. The zero-order valence-corrected chi connectivity index (χ0v) is 8.45. The van der Waals surface area contributed by atoms with Crippen molar-refractivity contribution in [2.75, 3.05) is 0 Å². The van der Waals surface area contributed by atoms with Crippen LogP contribution in [0, 0.1) is 16.7 Å². The van der Waals surface area contributed by atoms with Crippen molar-refractivity contribution in [2.45, 2.75) is 39.5 Å². The number of halogens is 1. The summed E-state index contributed by atoms with van der Waals surface area (Å²) in [5.41, 5.74) is -0.00887. The van der Waals surface area contributed by atoms with E-state index < -0.39 is 0 Å². The van der Waals surface area contributed by atoms with E-state index in [1.165, 1.54) is 25.7 Å². The maximum absolute atomic E-state index is 11.4. The number of fused-ring (bicyclic) bond motifs is 2. The molecule has 1 unspecified atom stereocenters. The highest BCUT2D eigenvalue weighted by molar-refractivity contribution is 6.64. The van der Waals surface area contributed by atoms with Crippen molar-refractivity contribution in [3.63, 3.8) is 0 Å². The molecule has 1 nitrogen and oxygen atoms in total. The third kappa shape index (κ3) is 0.736. The first-order valence-corrected chi connectivity index (χ1v) is 5.08. The maximum Gasteiger partial charge on any atom is 0.228 e. The van der Waals surface area contributed by atoms with Gasteiger partial charge in [-0.3, -0.25) is 4.79 Å². The van der Waals surface area contributed by atoms with Crippen molar-refractivity contribution < 1.29 is 4.79 Å². The maximum atomic E-state index is 11.4. The summed E-state index contributed by atoms with van der Waals surface area (Å²) in [6, 6.07) is 0. The lowest BCUT2D eigenvalue weighted by Crippen LogP contribution is -2.36. The lowest BCUT2D eigenvalue weighted by Gasteiger charge is -2.34. The standard InChI is InChI=1S/C10H15ClO/c1-9-5-3-7(4-6-9)10(9,2)8(11)12/h7H,3-6H2,1-2H3. The van der Waals surface area contributed by atoms with Crippen LogP contribution >= 0.6 is 11.6 Å². The minimum Gasteiger partial charge on any atom is -0.281 e. The van der Waals surface area contributed by atoms with Gasteiger partial charge in [0.2, 0.25) is 5.24 Å². The summed E-state index contributed by atoms with van der Waals surface area (Å²) in [6.45, 7) is 4.28.